The highest BCUT2D eigenvalue weighted by Crippen LogP contribution is 2.35. The number of ketones is 1. The van der Waals surface area contributed by atoms with Crippen LogP contribution in [0, 0.1) is 18.3 Å². The Morgan fingerprint density at radius 2 is 1.93 bits per heavy atom. The van der Waals surface area contributed by atoms with Crippen molar-refractivity contribution in [3.8, 4) is 6.07 Å². The van der Waals surface area contributed by atoms with Crippen molar-refractivity contribution in [1.82, 2.24) is 0 Å². The first-order chi connectivity index (χ1) is 13.7. The van der Waals surface area contributed by atoms with Crippen LogP contribution in [0.25, 0.3) is 0 Å². The minimum Gasteiger partial charge on any atom is -0.358 e. The molecule has 0 saturated carbocycles. The molecule has 0 fully saturated rings. The smallest absolute Gasteiger partial charge is 0.358 e. The van der Waals surface area contributed by atoms with Crippen molar-refractivity contribution < 1.29 is 18.0 Å². The molecular formula is C22H20F3N3O. The van der Waals surface area contributed by atoms with E-state index in [0.29, 0.717) is 41.7 Å². The number of anilines is 1. The zero-order valence-corrected chi connectivity index (χ0v) is 15.8. The Morgan fingerprint density at radius 1 is 1.17 bits per heavy atom. The van der Waals surface area contributed by atoms with Crippen molar-refractivity contribution >= 4 is 11.5 Å². The zero-order valence-electron chi connectivity index (χ0n) is 15.8. The van der Waals surface area contributed by atoms with E-state index in [1.54, 1.807) is 18.2 Å². The Morgan fingerprint density at radius 3 is 2.59 bits per heavy atom. The van der Waals surface area contributed by atoms with Crippen LogP contribution in [-0.2, 0) is 11.0 Å². The van der Waals surface area contributed by atoms with Gasteiger partial charge in [0.25, 0.3) is 0 Å². The van der Waals surface area contributed by atoms with Gasteiger partial charge in [0.05, 0.1) is 23.2 Å². The molecule has 0 radical (unpaired) electrons. The fourth-order valence-corrected chi connectivity index (χ4v) is 3.55. The minimum atomic E-state index is -4.45. The molecule has 1 aliphatic rings. The maximum atomic E-state index is 13.0. The molecule has 0 bridgehead atoms. The van der Waals surface area contributed by atoms with E-state index in [1.807, 2.05) is 6.92 Å². The second kappa shape index (κ2) is 8.10. The number of carbonyl (C=O) groups is 1. The summed E-state index contributed by atoms with van der Waals surface area (Å²) in [7, 11) is 0. The lowest BCUT2D eigenvalue weighted by molar-refractivity contribution is -0.137. The van der Waals surface area contributed by atoms with Crippen molar-refractivity contribution in [2.45, 2.75) is 38.4 Å². The van der Waals surface area contributed by atoms with Gasteiger partial charge in [-0.2, -0.15) is 18.4 Å². The normalized spacial score (nSPS) is 15.8. The van der Waals surface area contributed by atoms with Crippen molar-refractivity contribution in [2.75, 3.05) is 5.32 Å². The van der Waals surface area contributed by atoms with Gasteiger partial charge in [-0.3, -0.25) is 4.79 Å². The first-order valence-electron chi connectivity index (χ1n) is 9.17. The van der Waals surface area contributed by atoms with E-state index in [0.717, 1.165) is 17.7 Å². The number of hydrogen-bond donors (Lipinski definition) is 2. The average Bonchev–Trinajstić information content (AvgIpc) is 2.67. The number of nitrogens with one attached hydrogen (secondary N) is 1. The highest BCUT2D eigenvalue weighted by molar-refractivity contribution is 5.98. The van der Waals surface area contributed by atoms with E-state index in [9.17, 15) is 18.0 Å². The standard InChI is InChI=1S/C22H20F3N3O/c1-13-10-14(12-26)8-9-17(13)21(27)20-18(6-3-7-19(20)29)28-16-5-2-4-15(11-16)22(23,24)25/h2,4-5,8-11,21,28H,3,6-7,27H2,1H3. The van der Waals surface area contributed by atoms with Gasteiger partial charge < -0.3 is 11.1 Å². The predicted octanol–water partition coefficient (Wildman–Crippen LogP) is 5.00. The second-order valence-corrected chi connectivity index (χ2v) is 7.03. The van der Waals surface area contributed by atoms with Crippen LogP contribution < -0.4 is 11.1 Å². The summed E-state index contributed by atoms with van der Waals surface area (Å²) in [4.78, 5) is 12.7. The molecule has 0 saturated heterocycles. The van der Waals surface area contributed by atoms with Gasteiger partial charge in [-0.25, -0.2) is 0 Å². The van der Waals surface area contributed by atoms with Gasteiger partial charge in [-0.15, -0.1) is 0 Å². The number of carbonyl (C=O) groups excluding carboxylic acids is 1. The Balaban J connectivity index is 2.00. The van der Waals surface area contributed by atoms with Crippen LogP contribution in [0.3, 0.4) is 0 Å². The van der Waals surface area contributed by atoms with Crippen LogP contribution in [0.15, 0.2) is 53.7 Å². The van der Waals surface area contributed by atoms with Gasteiger partial charge in [0.1, 0.15) is 0 Å². The van der Waals surface area contributed by atoms with Crippen LogP contribution >= 0.6 is 0 Å². The summed E-state index contributed by atoms with van der Waals surface area (Å²) < 4.78 is 39.0. The van der Waals surface area contributed by atoms with E-state index < -0.39 is 17.8 Å². The van der Waals surface area contributed by atoms with E-state index in [4.69, 9.17) is 11.0 Å². The molecule has 0 aliphatic heterocycles. The number of nitrogens with zero attached hydrogens (tertiary/aromatic N) is 1. The number of rotatable bonds is 4. The molecule has 1 unspecified atom stereocenters. The third kappa shape index (κ3) is 4.49. The van der Waals surface area contributed by atoms with Gasteiger partial charge >= 0.3 is 6.18 Å². The zero-order chi connectivity index (χ0) is 21.2. The number of hydrogen-bond acceptors (Lipinski definition) is 4. The molecule has 0 aromatic heterocycles. The van der Waals surface area contributed by atoms with Crippen molar-refractivity contribution in [1.29, 1.82) is 5.26 Å². The maximum Gasteiger partial charge on any atom is 0.416 e. The predicted molar refractivity (Wildman–Crippen MR) is 104 cm³/mol. The van der Waals surface area contributed by atoms with Crippen LogP contribution in [-0.4, -0.2) is 5.78 Å². The third-order valence-corrected chi connectivity index (χ3v) is 4.99. The first kappa shape index (κ1) is 20.6. The summed E-state index contributed by atoms with van der Waals surface area (Å²) >= 11 is 0. The molecule has 150 valence electrons. The highest BCUT2D eigenvalue weighted by Gasteiger charge is 2.31. The summed E-state index contributed by atoms with van der Waals surface area (Å²) in [5, 5.41) is 12.0. The molecule has 2 aromatic rings. The number of halogens is 3. The third-order valence-electron chi connectivity index (χ3n) is 4.99. The van der Waals surface area contributed by atoms with Gasteiger partial charge in [-0.1, -0.05) is 12.1 Å². The summed E-state index contributed by atoms with van der Waals surface area (Å²) in [6, 6.07) is 11.2. The maximum absolute atomic E-state index is 13.0. The molecule has 1 aliphatic carbocycles. The van der Waals surface area contributed by atoms with Gasteiger partial charge in [0.2, 0.25) is 0 Å². The minimum absolute atomic E-state index is 0.123. The van der Waals surface area contributed by atoms with Crippen molar-refractivity contribution in [3.05, 3.63) is 76.0 Å². The molecule has 0 heterocycles. The molecule has 0 amide bonds. The number of Topliss-reactive ketones (excluding diaryl/α,β-unsaturated/α-hetero) is 1. The molecule has 3 N–H and O–H groups in total. The number of aryl methyl sites for hydroxylation is 1. The number of allylic oxidation sites excluding steroid dienone is 1. The Hall–Kier alpha value is -3.11. The van der Waals surface area contributed by atoms with Crippen molar-refractivity contribution in [3.63, 3.8) is 0 Å². The summed E-state index contributed by atoms with van der Waals surface area (Å²) in [6.07, 6.45) is -3.00. The van der Waals surface area contributed by atoms with Gasteiger partial charge in [-0.05, 0) is 61.2 Å². The molecule has 1 atom stereocenters. The van der Waals surface area contributed by atoms with E-state index in [-0.39, 0.29) is 11.5 Å². The fourth-order valence-electron chi connectivity index (χ4n) is 3.55. The van der Waals surface area contributed by atoms with Crippen LogP contribution in [0.2, 0.25) is 0 Å². The van der Waals surface area contributed by atoms with Crippen LogP contribution in [0.5, 0.6) is 0 Å². The highest BCUT2D eigenvalue weighted by atomic mass is 19.4. The second-order valence-electron chi connectivity index (χ2n) is 7.03. The SMILES string of the molecule is Cc1cc(C#N)ccc1C(N)C1=C(Nc2cccc(C(F)(F)F)c2)CCCC1=O. The fraction of sp³-hybridized carbons (Fsp3) is 0.273. The molecular weight excluding hydrogens is 379 g/mol. The van der Waals surface area contributed by atoms with E-state index in [1.165, 1.54) is 12.1 Å². The lowest BCUT2D eigenvalue weighted by Gasteiger charge is -2.26. The Kier molecular flexibility index (Phi) is 5.76. The van der Waals surface area contributed by atoms with E-state index in [2.05, 4.69) is 11.4 Å². The largest absolute Gasteiger partial charge is 0.416 e. The number of benzene rings is 2. The Bertz CT molecular complexity index is 1020. The monoisotopic (exact) mass is 399 g/mol. The van der Waals surface area contributed by atoms with Crippen LogP contribution in [0.4, 0.5) is 18.9 Å². The lowest BCUT2D eigenvalue weighted by atomic mass is 9.85. The number of alkyl halides is 3. The quantitative estimate of drug-likeness (QED) is 0.758. The lowest BCUT2D eigenvalue weighted by Crippen LogP contribution is -2.26. The average molecular weight is 399 g/mol. The topological polar surface area (TPSA) is 78.9 Å². The molecule has 2 aromatic carbocycles. The molecule has 29 heavy (non-hydrogen) atoms. The molecule has 4 nitrogen and oxygen atoms in total. The van der Waals surface area contributed by atoms with Crippen LogP contribution in [0.1, 0.15) is 47.6 Å². The van der Waals surface area contributed by atoms with Gasteiger partial charge in [0, 0.05) is 23.4 Å². The summed E-state index contributed by atoms with van der Waals surface area (Å²) in [6.45, 7) is 1.81. The number of nitrogens with two attached hydrogens (primary N) is 1. The molecule has 7 heteroatoms. The van der Waals surface area contributed by atoms with Crippen molar-refractivity contribution in [2.24, 2.45) is 5.73 Å². The Labute approximate surface area is 166 Å². The van der Waals surface area contributed by atoms with E-state index >= 15 is 0 Å². The number of nitriles is 1. The molecule has 3 rings (SSSR count). The summed E-state index contributed by atoms with van der Waals surface area (Å²) in [5.41, 5.74) is 8.79. The van der Waals surface area contributed by atoms with Gasteiger partial charge in [0.15, 0.2) is 5.78 Å². The first-order valence-corrected chi connectivity index (χ1v) is 9.17. The molecule has 0 spiro atoms. The summed E-state index contributed by atoms with van der Waals surface area (Å²) in [5.74, 6) is -0.123.